The van der Waals surface area contributed by atoms with Gasteiger partial charge in [0.1, 0.15) is 0 Å². The third-order valence-corrected chi connectivity index (χ3v) is 4.27. The Bertz CT molecular complexity index is 434. The van der Waals surface area contributed by atoms with E-state index in [1.54, 1.807) is 0 Å². The molecule has 0 radical (unpaired) electrons. The molecule has 1 aromatic rings. The van der Waals surface area contributed by atoms with Crippen LogP contribution in [0.5, 0.6) is 0 Å². The van der Waals surface area contributed by atoms with E-state index in [0.717, 1.165) is 5.56 Å². The van der Waals surface area contributed by atoms with Crippen LogP contribution in [0.3, 0.4) is 0 Å². The van der Waals surface area contributed by atoms with Crippen LogP contribution < -0.4 is 0 Å². The first-order valence-electron chi connectivity index (χ1n) is 6.91. The molecule has 0 saturated heterocycles. The minimum absolute atomic E-state index is 0.169. The molecule has 112 valence electrons. The molecule has 20 heavy (non-hydrogen) atoms. The monoisotopic (exact) mass is 297 g/mol. The van der Waals surface area contributed by atoms with Gasteiger partial charge in [0, 0.05) is 6.42 Å². The van der Waals surface area contributed by atoms with Crippen molar-refractivity contribution in [3.05, 3.63) is 35.9 Å². The zero-order valence-corrected chi connectivity index (χ0v) is 13.1. The summed E-state index contributed by atoms with van der Waals surface area (Å²) in [6, 6.07) is 11.1. The molecule has 0 spiro atoms. The second kappa shape index (κ2) is 10.6. The summed E-state index contributed by atoms with van der Waals surface area (Å²) in [5.74, 6) is 0. The molecule has 0 fully saturated rings. The van der Waals surface area contributed by atoms with Gasteiger partial charge in [-0.05, 0) is 18.4 Å². The van der Waals surface area contributed by atoms with E-state index in [2.05, 4.69) is 13.8 Å². The van der Waals surface area contributed by atoms with Crippen molar-refractivity contribution in [2.24, 2.45) is 0 Å². The normalized spacial score (nSPS) is 11.9. The molecule has 5 heteroatoms. The quantitative estimate of drug-likeness (QED) is 0.781. The first-order valence-corrected chi connectivity index (χ1v) is 8.59. The Kier molecular flexibility index (Phi) is 10.0. The molecule has 0 amide bonds. The summed E-state index contributed by atoms with van der Waals surface area (Å²) in [6.45, 7) is 4.36. The second-order valence-electron chi connectivity index (χ2n) is 4.63. The Hall–Kier alpha value is -1.14. The van der Waals surface area contributed by atoms with Gasteiger partial charge in [0.05, 0.1) is 11.7 Å². The zero-order valence-electron chi connectivity index (χ0n) is 12.2. The lowest BCUT2D eigenvalue weighted by molar-refractivity contribution is 0.354. The van der Waals surface area contributed by atoms with Crippen LogP contribution in [0.25, 0.3) is 0 Å². The van der Waals surface area contributed by atoms with Crippen LogP contribution in [0.1, 0.15) is 45.1 Å². The van der Waals surface area contributed by atoms with E-state index in [0.29, 0.717) is 6.42 Å². The molecule has 2 N–H and O–H groups in total. The lowest BCUT2D eigenvalue weighted by atomic mass is 10.1. The van der Waals surface area contributed by atoms with Crippen molar-refractivity contribution in [2.45, 2.75) is 51.6 Å². The fraction of sp³-hybridized carbons (Fsp3) is 0.533. The van der Waals surface area contributed by atoms with Crippen molar-refractivity contribution in [3.8, 4) is 6.07 Å². The van der Waals surface area contributed by atoms with Gasteiger partial charge in [-0.15, -0.1) is 0 Å². The summed E-state index contributed by atoms with van der Waals surface area (Å²) in [6.07, 6.45) is 3.35. The summed E-state index contributed by atoms with van der Waals surface area (Å²) in [5, 5.41) is 8.44. The maximum atomic E-state index is 11.2. The molecular weight excluding hydrogens is 273 g/mol. The van der Waals surface area contributed by atoms with Crippen LogP contribution in [0, 0.1) is 11.3 Å². The number of rotatable bonds is 6. The second-order valence-corrected chi connectivity index (χ2v) is 6.54. The number of unbranched alkanes of at least 4 members (excludes halogenated alkanes) is 1. The Morgan fingerprint density at radius 3 is 2.15 bits per heavy atom. The molecular formula is C15H24NO3P. The SMILES string of the molecule is CCCC.N#CCCC(Cc1ccccc1)P(=O)(O)O. The molecule has 1 unspecified atom stereocenters. The minimum Gasteiger partial charge on any atom is -0.324 e. The summed E-state index contributed by atoms with van der Waals surface area (Å²) >= 11 is 0. The van der Waals surface area contributed by atoms with Gasteiger partial charge in [-0.1, -0.05) is 57.0 Å². The smallest absolute Gasteiger partial charge is 0.324 e. The highest BCUT2D eigenvalue weighted by atomic mass is 31.2. The fourth-order valence-corrected chi connectivity index (χ4v) is 2.42. The van der Waals surface area contributed by atoms with Crippen molar-refractivity contribution in [3.63, 3.8) is 0 Å². The van der Waals surface area contributed by atoms with Gasteiger partial charge in [0.2, 0.25) is 0 Å². The average molecular weight is 297 g/mol. The van der Waals surface area contributed by atoms with Crippen LogP contribution >= 0.6 is 7.60 Å². The van der Waals surface area contributed by atoms with E-state index in [9.17, 15) is 4.57 Å². The molecule has 1 aromatic carbocycles. The average Bonchev–Trinajstić information content (AvgIpc) is 2.43. The van der Waals surface area contributed by atoms with E-state index >= 15 is 0 Å². The summed E-state index contributed by atoms with van der Waals surface area (Å²) < 4.78 is 11.2. The van der Waals surface area contributed by atoms with Crippen molar-refractivity contribution in [1.29, 1.82) is 5.26 Å². The zero-order chi connectivity index (χ0) is 15.4. The van der Waals surface area contributed by atoms with Crippen LogP contribution in [-0.4, -0.2) is 15.4 Å². The van der Waals surface area contributed by atoms with Gasteiger partial charge in [-0.2, -0.15) is 5.26 Å². The van der Waals surface area contributed by atoms with Crippen LogP contribution in [-0.2, 0) is 11.0 Å². The van der Waals surface area contributed by atoms with Gasteiger partial charge >= 0.3 is 7.60 Å². The van der Waals surface area contributed by atoms with Gasteiger partial charge in [0.25, 0.3) is 0 Å². The number of hydrogen-bond acceptors (Lipinski definition) is 2. The van der Waals surface area contributed by atoms with E-state index in [1.807, 2.05) is 36.4 Å². The standard InChI is InChI=1S/C11H14NO3P.C4H10/c12-8-4-7-11(16(13,14)15)9-10-5-2-1-3-6-10;1-3-4-2/h1-3,5-6,11H,4,7,9H2,(H2,13,14,15);3-4H2,1-2H3. The summed E-state index contributed by atoms with van der Waals surface area (Å²) in [5.41, 5.74) is 0.128. The first-order chi connectivity index (χ1) is 9.45. The maximum absolute atomic E-state index is 11.2. The number of nitriles is 1. The van der Waals surface area contributed by atoms with Gasteiger partial charge < -0.3 is 9.79 Å². The molecule has 0 heterocycles. The van der Waals surface area contributed by atoms with Crippen molar-refractivity contribution in [2.75, 3.05) is 0 Å². The molecule has 0 saturated carbocycles. The maximum Gasteiger partial charge on any atom is 0.328 e. The lowest BCUT2D eigenvalue weighted by Crippen LogP contribution is -2.11. The third-order valence-electron chi connectivity index (χ3n) is 2.88. The molecule has 0 aliphatic rings. The summed E-state index contributed by atoms with van der Waals surface area (Å²) in [7, 11) is -4.12. The minimum atomic E-state index is -4.12. The Morgan fingerprint density at radius 2 is 1.75 bits per heavy atom. The molecule has 1 rings (SSSR count). The van der Waals surface area contributed by atoms with E-state index in [1.165, 1.54) is 12.8 Å². The largest absolute Gasteiger partial charge is 0.328 e. The van der Waals surface area contributed by atoms with Gasteiger partial charge in [0.15, 0.2) is 0 Å². The highest BCUT2D eigenvalue weighted by Crippen LogP contribution is 2.44. The van der Waals surface area contributed by atoms with Crippen LogP contribution in [0.15, 0.2) is 30.3 Å². The third kappa shape index (κ3) is 8.87. The number of nitrogens with zero attached hydrogens (tertiary/aromatic N) is 1. The lowest BCUT2D eigenvalue weighted by Gasteiger charge is -2.17. The van der Waals surface area contributed by atoms with Crippen LogP contribution in [0.4, 0.5) is 0 Å². The van der Waals surface area contributed by atoms with Crippen molar-refractivity contribution < 1.29 is 14.4 Å². The molecule has 0 aliphatic carbocycles. The Balaban J connectivity index is 0.000000796. The topological polar surface area (TPSA) is 81.3 Å². The highest BCUT2D eigenvalue weighted by molar-refractivity contribution is 7.52. The fourth-order valence-electron chi connectivity index (χ4n) is 1.51. The van der Waals surface area contributed by atoms with Gasteiger partial charge in [-0.3, -0.25) is 4.57 Å². The highest BCUT2D eigenvalue weighted by Gasteiger charge is 2.28. The van der Waals surface area contributed by atoms with Crippen molar-refractivity contribution in [1.82, 2.24) is 0 Å². The van der Waals surface area contributed by atoms with Crippen molar-refractivity contribution >= 4 is 7.60 Å². The van der Waals surface area contributed by atoms with Gasteiger partial charge in [-0.25, -0.2) is 0 Å². The Labute approximate surface area is 121 Å². The number of hydrogen-bond donors (Lipinski definition) is 2. The number of benzene rings is 1. The summed E-state index contributed by atoms with van der Waals surface area (Å²) in [4.78, 5) is 18.3. The molecule has 4 nitrogen and oxygen atoms in total. The van der Waals surface area contributed by atoms with Crippen LogP contribution in [0.2, 0.25) is 0 Å². The molecule has 0 bridgehead atoms. The van der Waals surface area contributed by atoms with E-state index < -0.39 is 13.3 Å². The predicted octanol–water partition coefficient (Wildman–Crippen LogP) is 3.89. The van der Waals surface area contributed by atoms with E-state index in [4.69, 9.17) is 15.0 Å². The molecule has 0 aromatic heterocycles. The first kappa shape index (κ1) is 18.9. The Morgan fingerprint density at radius 1 is 1.20 bits per heavy atom. The molecule has 1 atom stereocenters. The molecule has 0 aliphatic heterocycles. The predicted molar refractivity (Wildman–Crippen MR) is 81.4 cm³/mol. The van der Waals surface area contributed by atoms with E-state index in [-0.39, 0.29) is 12.8 Å².